The number of aromatic nitrogens is 3. The van der Waals surface area contributed by atoms with Gasteiger partial charge in [-0.1, -0.05) is 6.07 Å². The molecule has 1 amide bonds. The summed E-state index contributed by atoms with van der Waals surface area (Å²) >= 11 is 0. The van der Waals surface area contributed by atoms with Gasteiger partial charge in [-0.3, -0.25) is 10.1 Å². The van der Waals surface area contributed by atoms with Crippen molar-refractivity contribution in [3.63, 3.8) is 0 Å². The molecule has 0 aliphatic rings. The molecule has 0 aliphatic carbocycles. The summed E-state index contributed by atoms with van der Waals surface area (Å²) < 4.78 is 13.3. The molecular weight excluding hydrogens is 227 g/mol. The highest BCUT2D eigenvalue weighted by Crippen LogP contribution is 2.20. The Morgan fingerprint density at radius 1 is 1.35 bits per heavy atom. The summed E-state index contributed by atoms with van der Waals surface area (Å²) in [7, 11) is 0. The van der Waals surface area contributed by atoms with Crippen LogP contribution in [-0.2, 0) is 0 Å². The predicted octanol–water partition coefficient (Wildman–Crippen LogP) is 0.969. The minimum absolute atomic E-state index is 0.0693. The van der Waals surface area contributed by atoms with Crippen LogP contribution in [0.5, 0.6) is 5.75 Å². The smallest absolute Gasteiger partial charge is 0.264 e. The van der Waals surface area contributed by atoms with E-state index in [4.69, 9.17) is 0 Å². The predicted molar refractivity (Wildman–Crippen MR) is 55.8 cm³/mol. The number of aromatic hydroxyl groups is 1. The van der Waals surface area contributed by atoms with E-state index in [1.54, 1.807) is 0 Å². The van der Waals surface area contributed by atoms with Crippen molar-refractivity contribution in [1.82, 2.24) is 15.2 Å². The molecule has 0 bridgehead atoms. The average molecular weight is 234 g/mol. The van der Waals surface area contributed by atoms with E-state index in [1.165, 1.54) is 24.5 Å². The van der Waals surface area contributed by atoms with E-state index in [-0.39, 0.29) is 5.95 Å². The van der Waals surface area contributed by atoms with Gasteiger partial charge < -0.3 is 5.11 Å². The Balaban J connectivity index is 2.27. The van der Waals surface area contributed by atoms with Gasteiger partial charge in [-0.05, 0) is 12.1 Å². The lowest BCUT2D eigenvalue weighted by atomic mass is 10.2. The number of amides is 1. The Morgan fingerprint density at radius 3 is 2.82 bits per heavy atom. The summed E-state index contributed by atoms with van der Waals surface area (Å²) in [6, 6.07) is 3.57. The van der Waals surface area contributed by atoms with Crippen LogP contribution in [0.4, 0.5) is 10.3 Å². The van der Waals surface area contributed by atoms with Gasteiger partial charge in [0.2, 0.25) is 5.95 Å². The Labute approximate surface area is 95.2 Å². The van der Waals surface area contributed by atoms with Gasteiger partial charge in [0, 0.05) is 0 Å². The average Bonchev–Trinajstić information content (AvgIpc) is 2.30. The lowest BCUT2D eigenvalue weighted by Crippen LogP contribution is -2.16. The Hall–Kier alpha value is -2.57. The van der Waals surface area contributed by atoms with Crippen molar-refractivity contribution in [2.45, 2.75) is 0 Å². The molecule has 1 aromatic carbocycles. The second-order valence-electron chi connectivity index (χ2n) is 3.05. The highest BCUT2D eigenvalue weighted by Gasteiger charge is 2.17. The summed E-state index contributed by atoms with van der Waals surface area (Å²) in [6.45, 7) is 0. The lowest BCUT2D eigenvalue weighted by Gasteiger charge is -2.05. The largest absolute Gasteiger partial charge is 0.507 e. The molecule has 86 valence electrons. The summed E-state index contributed by atoms with van der Waals surface area (Å²) in [6.07, 6.45) is 2.65. The van der Waals surface area contributed by atoms with Crippen LogP contribution in [0.25, 0.3) is 0 Å². The number of rotatable bonds is 2. The van der Waals surface area contributed by atoms with Crippen LogP contribution < -0.4 is 5.32 Å². The second-order valence-corrected chi connectivity index (χ2v) is 3.05. The van der Waals surface area contributed by atoms with Crippen LogP contribution in [-0.4, -0.2) is 26.2 Å². The summed E-state index contributed by atoms with van der Waals surface area (Å²) in [5.41, 5.74) is -0.458. The number of anilines is 1. The first-order valence-corrected chi connectivity index (χ1v) is 4.61. The van der Waals surface area contributed by atoms with Crippen molar-refractivity contribution in [1.29, 1.82) is 0 Å². The first-order chi connectivity index (χ1) is 8.18. The van der Waals surface area contributed by atoms with E-state index in [9.17, 15) is 14.3 Å². The van der Waals surface area contributed by atoms with Gasteiger partial charge >= 0.3 is 0 Å². The number of nitrogens with one attached hydrogen (secondary N) is 1. The molecule has 0 saturated carbocycles. The molecular formula is C10H7FN4O2. The quantitative estimate of drug-likeness (QED) is 0.808. The first kappa shape index (κ1) is 10.9. The fourth-order valence-corrected chi connectivity index (χ4v) is 1.21. The van der Waals surface area contributed by atoms with E-state index in [0.717, 1.165) is 6.07 Å². The molecule has 7 heteroatoms. The molecule has 1 heterocycles. The highest BCUT2D eigenvalue weighted by molar-refractivity contribution is 6.05. The van der Waals surface area contributed by atoms with Gasteiger partial charge in [0.05, 0.1) is 12.4 Å². The molecule has 0 radical (unpaired) electrons. The summed E-state index contributed by atoms with van der Waals surface area (Å²) in [4.78, 5) is 15.3. The first-order valence-electron chi connectivity index (χ1n) is 4.61. The Kier molecular flexibility index (Phi) is 2.91. The number of phenols is 1. The van der Waals surface area contributed by atoms with Crippen molar-refractivity contribution in [3.05, 3.63) is 42.0 Å². The van der Waals surface area contributed by atoms with Gasteiger partial charge in [0.15, 0.2) is 0 Å². The molecule has 2 N–H and O–H groups in total. The highest BCUT2D eigenvalue weighted by atomic mass is 19.1. The molecule has 0 atom stereocenters. The second kappa shape index (κ2) is 4.52. The zero-order chi connectivity index (χ0) is 12.3. The normalized spacial score (nSPS) is 9.94. The monoisotopic (exact) mass is 234 g/mol. The maximum atomic E-state index is 13.3. The molecule has 17 heavy (non-hydrogen) atoms. The van der Waals surface area contributed by atoms with Crippen LogP contribution in [0.3, 0.4) is 0 Å². The van der Waals surface area contributed by atoms with E-state index >= 15 is 0 Å². The van der Waals surface area contributed by atoms with Crippen LogP contribution >= 0.6 is 0 Å². The Bertz CT molecular complexity index is 527. The van der Waals surface area contributed by atoms with Crippen molar-refractivity contribution >= 4 is 11.9 Å². The third kappa shape index (κ3) is 2.33. The van der Waals surface area contributed by atoms with E-state index < -0.39 is 23.0 Å². The van der Waals surface area contributed by atoms with Crippen molar-refractivity contribution in [2.24, 2.45) is 0 Å². The number of hydrogen-bond donors (Lipinski definition) is 2. The number of nitrogens with zero attached hydrogens (tertiary/aromatic N) is 3. The number of hydrogen-bond acceptors (Lipinski definition) is 5. The molecule has 0 fully saturated rings. The Morgan fingerprint density at radius 2 is 2.18 bits per heavy atom. The van der Waals surface area contributed by atoms with Gasteiger partial charge in [0.1, 0.15) is 17.1 Å². The maximum Gasteiger partial charge on any atom is 0.264 e. The lowest BCUT2D eigenvalue weighted by molar-refractivity contribution is 0.101. The fraction of sp³-hybridized carbons (Fsp3) is 0. The molecule has 6 nitrogen and oxygen atoms in total. The molecule has 0 unspecified atom stereocenters. The fourth-order valence-electron chi connectivity index (χ4n) is 1.21. The van der Waals surface area contributed by atoms with Crippen molar-refractivity contribution in [3.8, 4) is 5.75 Å². The third-order valence-electron chi connectivity index (χ3n) is 1.93. The van der Waals surface area contributed by atoms with E-state index in [1.807, 2.05) is 0 Å². The molecule has 2 aromatic rings. The minimum atomic E-state index is -0.839. The number of benzene rings is 1. The van der Waals surface area contributed by atoms with Crippen LogP contribution in [0.2, 0.25) is 0 Å². The topological polar surface area (TPSA) is 88.0 Å². The number of carbonyl (C=O) groups is 1. The van der Waals surface area contributed by atoms with Gasteiger partial charge in [-0.25, -0.2) is 9.37 Å². The van der Waals surface area contributed by atoms with Crippen LogP contribution in [0, 0.1) is 5.82 Å². The van der Waals surface area contributed by atoms with Gasteiger partial charge in [-0.15, -0.1) is 5.10 Å². The molecule has 0 aliphatic heterocycles. The van der Waals surface area contributed by atoms with Gasteiger partial charge in [0.25, 0.3) is 5.91 Å². The zero-order valence-electron chi connectivity index (χ0n) is 8.46. The third-order valence-corrected chi connectivity index (χ3v) is 1.93. The maximum absolute atomic E-state index is 13.3. The molecule has 0 saturated heterocycles. The molecule has 1 aromatic heterocycles. The van der Waals surface area contributed by atoms with Crippen LogP contribution in [0.15, 0.2) is 30.6 Å². The number of phenolic OH excluding ortho intramolecular Hbond substituents is 1. The number of halogens is 1. The molecule has 2 rings (SSSR count). The summed E-state index contributed by atoms with van der Waals surface area (Å²) in [5, 5.41) is 18.6. The van der Waals surface area contributed by atoms with Crippen LogP contribution in [0.1, 0.15) is 10.4 Å². The minimum Gasteiger partial charge on any atom is -0.507 e. The van der Waals surface area contributed by atoms with Gasteiger partial charge in [-0.2, -0.15) is 5.10 Å². The molecule has 0 spiro atoms. The van der Waals surface area contributed by atoms with Crippen molar-refractivity contribution in [2.75, 3.05) is 5.32 Å². The standard InChI is InChI=1S/C10H7FN4O2/c11-6-2-1-3-7(16)8(6)9(17)14-10-12-4-5-13-15-10/h1-5,16H,(H,12,14,15,17). The van der Waals surface area contributed by atoms with E-state index in [0.29, 0.717) is 0 Å². The van der Waals surface area contributed by atoms with Crippen molar-refractivity contribution < 1.29 is 14.3 Å². The SMILES string of the molecule is O=C(Nc1nccnn1)c1c(O)cccc1F. The van der Waals surface area contributed by atoms with E-state index in [2.05, 4.69) is 20.5 Å². The zero-order valence-corrected chi connectivity index (χ0v) is 8.46. The summed E-state index contributed by atoms with van der Waals surface area (Å²) in [5.74, 6) is -2.19. The number of carbonyl (C=O) groups excluding carboxylic acids is 1.